The van der Waals surface area contributed by atoms with Crippen molar-refractivity contribution in [1.82, 2.24) is 0 Å². The van der Waals surface area contributed by atoms with Crippen LogP contribution in [-0.4, -0.2) is 11.1 Å². The number of aliphatic carboxylic acids is 1. The van der Waals surface area contributed by atoms with Crippen LogP contribution in [0.4, 0.5) is 4.39 Å². The highest BCUT2D eigenvalue weighted by molar-refractivity contribution is 5.85. The van der Waals surface area contributed by atoms with Gasteiger partial charge in [-0.3, -0.25) is 0 Å². The first-order chi connectivity index (χ1) is 9.54. The van der Waals surface area contributed by atoms with Gasteiger partial charge in [-0.2, -0.15) is 0 Å². The molecular formula is C16H13FO3. The van der Waals surface area contributed by atoms with Crippen LogP contribution in [0.1, 0.15) is 11.1 Å². The molecule has 0 aliphatic carbocycles. The fraction of sp³-hybridized carbons (Fsp3) is 0.0625. The van der Waals surface area contributed by atoms with Crippen molar-refractivity contribution in [2.45, 2.75) is 6.92 Å². The van der Waals surface area contributed by atoms with Crippen LogP contribution in [0.5, 0.6) is 11.5 Å². The molecule has 0 bridgehead atoms. The third kappa shape index (κ3) is 3.68. The van der Waals surface area contributed by atoms with Crippen LogP contribution in [0, 0.1) is 12.7 Å². The Labute approximate surface area is 115 Å². The Morgan fingerprint density at radius 2 is 2.05 bits per heavy atom. The highest BCUT2D eigenvalue weighted by Gasteiger charge is 2.03. The van der Waals surface area contributed by atoms with Crippen molar-refractivity contribution in [3.8, 4) is 11.5 Å². The first-order valence-electron chi connectivity index (χ1n) is 6.00. The van der Waals surface area contributed by atoms with E-state index in [9.17, 15) is 9.18 Å². The van der Waals surface area contributed by atoms with Crippen molar-refractivity contribution in [3.05, 3.63) is 65.5 Å². The number of ether oxygens (including phenoxy) is 1. The zero-order valence-corrected chi connectivity index (χ0v) is 10.8. The molecule has 0 amide bonds. The van der Waals surface area contributed by atoms with Gasteiger partial charge in [0.15, 0.2) is 0 Å². The predicted molar refractivity (Wildman–Crippen MR) is 74.3 cm³/mol. The zero-order valence-electron chi connectivity index (χ0n) is 10.8. The van der Waals surface area contributed by atoms with E-state index in [1.54, 1.807) is 30.3 Å². The Hall–Kier alpha value is -2.62. The summed E-state index contributed by atoms with van der Waals surface area (Å²) in [5.41, 5.74) is 1.51. The summed E-state index contributed by atoms with van der Waals surface area (Å²) in [5.74, 6) is -0.430. The van der Waals surface area contributed by atoms with Crippen LogP contribution in [0.15, 0.2) is 48.5 Å². The van der Waals surface area contributed by atoms with E-state index in [0.29, 0.717) is 17.1 Å². The van der Waals surface area contributed by atoms with Gasteiger partial charge in [-0.25, -0.2) is 9.18 Å². The molecule has 0 aliphatic heterocycles. The Kier molecular flexibility index (Phi) is 4.15. The van der Waals surface area contributed by atoms with Crippen molar-refractivity contribution >= 4 is 12.0 Å². The largest absolute Gasteiger partial charge is 0.478 e. The number of carboxylic acid groups (broad SMARTS) is 1. The standard InChI is InChI=1S/C16H13FO3/c1-11-5-7-13(17)10-15(11)20-14-4-2-3-12(9-14)6-8-16(18)19/h2-10H,1H3,(H,18,19)/b8-6+. The van der Waals surface area contributed by atoms with Gasteiger partial charge in [0.1, 0.15) is 17.3 Å². The topological polar surface area (TPSA) is 46.5 Å². The van der Waals surface area contributed by atoms with Crippen LogP contribution in [-0.2, 0) is 4.79 Å². The number of aryl methyl sites for hydroxylation is 1. The van der Waals surface area contributed by atoms with Gasteiger partial charge in [0.05, 0.1) is 0 Å². The molecule has 0 fully saturated rings. The van der Waals surface area contributed by atoms with Crippen molar-refractivity contribution in [3.63, 3.8) is 0 Å². The number of halogens is 1. The summed E-state index contributed by atoms with van der Waals surface area (Å²) >= 11 is 0. The zero-order chi connectivity index (χ0) is 14.5. The molecular weight excluding hydrogens is 259 g/mol. The summed E-state index contributed by atoms with van der Waals surface area (Å²) < 4.78 is 18.8. The number of rotatable bonds is 4. The summed E-state index contributed by atoms with van der Waals surface area (Å²) in [6.07, 6.45) is 2.51. The second kappa shape index (κ2) is 6.02. The number of benzene rings is 2. The monoisotopic (exact) mass is 272 g/mol. The lowest BCUT2D eigenvalue weighted by molar-refractivity contribution is -0.131. The molecule has 0 radical (unpaired) electrons. The molecule has 0 saturated heterocycles. The summed E-state index contributed by atoms with van der Waals surface area (Å²) in [5, 5.41) is 8.59. The van der Waals surface area contributed by atoms with Gasteiger partial charge < -0.3 is 9.84 Å². The third-order valence-corrected chi connectivity index (χ3v) is 2.65. The Morgan fingerprint density at radius 1 is 1.25 bits per heavy atom. The maximum atomic E-state index is 13.2. The molecule has 1 N–H and O–H groups in total. The van der Waals surface area contributed by atoms with Crippen LogP contribution in [0.2, 0.25) is 0 Å². The number of hydrogen-bond acceptors (Lipinski definition) is 2. The van der Waals surface area contributed by atoms with E-state index in [1.807, 2.05) is 6.92 Å². The number of carboxylic acids is 1. The minimum absolute atomic E-state index is 0.368. The molecule has 0 unspecified atom stereocenters. The van der Waals surface area contributed by atoms with Crippen LogP contribution < -0.4 is 4.74 Å². The van der Waals surface area contributed by atoms with Crippen molar-refractivity contribution in [2.75, 3.05) is 0 Å². The SMILES string of the molecule is Cc1ccc(F)cc1Oc1cccc(/C=C/C(=O)O)c1. The van der Waals surface area contributed by atoms with E-state index in [1.165, 1.54) is 18.2 Å². The van der Waals surface area contributed by atoms with Crippen LogP contribution >= 0.6 is 0 Å². The minimum atomic E-state index is -1.02. The van der Waals surface area contributed by atoms with Gasteiger partial charge in [0, 0.05) is 12.1 Å². The first kappa shape index (κ1) is 13.8. The van der Waals surface area contributed by atoms with E-state index in [-0.39, 0.29) is 5.82 Å². The van der Waals surface area contributed by atoms with Gasteiger partial charge in [-0.1, -0.05) is 18.2 Å². The quantitative estimate of drug-likeness (QED) is 0.855. The summed E-state index contributed by atoms with van der Waals surface area (Å²) in [4.78, 5) is 10.5. The molecule has 3 nitrogen and oxygen atoms in total. The Morgan fingerprint density at radius 3 is 2.80 bits per heavy atom. The lowest BCUT2D eigenvalue weighted by Crippen LogP contribution is -1.90. The van der Waals surface area contributed by atoms with Gasteiger partial charge >= 0.3 is 5.97 Å². The first-order valence-corrected chi connectivity index (χ1v) is 6.00. The molecule has 0 aliphatic rings. The fourth-order valence-electron chi connectivity index (χ4n) is 1.66. The molecule has 0 saturated carbocycles. The minimum Gasteiger partial charge on any atom is -0.478 e. The Balaban J connectivity index is 2.23. The van der Waals surface area contributed by atoms with E-state index in [0.717, 1.165) is 11.6 Å². The summed E-state index contributed by atoms with van der Waals surface area (Å²) in [6.45, 7) is 1.82. The maximum absolute atomic E-state index is 13.2. The van der Waals surface area contributed by atoms with Gasteiger partial charge in [0.25, 0.3) is 0 Å². The van der Waals surface area contributed by atoms with Gasteiger partial charge in [0.2, 0.25) is 0 Å². The van der Waals surface area contributed by atoms with E-state index >= 15 is 0 Å². The average molecular weight is 272 g/mol. The van der Waals surface area contributed by atoms with Crippen LogP contribution in [0.25, 0.3) is 6.08 Å². The molecule has 102 valence electrons. The number of hydrogen-bond donors (Lipinski definition) is 1. The second-order valence-corrected chi connectivity index (χ2v) is 4.26. The smallest absolute Gasteiger partial charge is 0.328 e. The normalized spacial score (nSPS) is 10.7. The van der Waals surface area contributed by atoms with E-state index in [2.05, 4.69) is 0 Å². The highest BCUT2D eigenvalue weighted by atomic mass is 19.1. The van der Waals surface area contributed by atoms with Crippen molar-refractivity contribution in [1.29, 1.82) is 0 Å². The van der Waals surface area contributed by atoms with Gasteiger partial charge in [-0.15, -0.1) is 0 Å². The molecule has 2 aromatic rings. The molecule has 4 heteroatoms. The molecule has 2 rings (SSSR count). The predicted octanol–water partition coefficient (Wildman–Crippen LogP) is 4.02. The molecule has 0 heterocycles. The summed E-state index contributed by atoms with van der Waals surface area (Å²) in [7, 11) is 0. The Bertz CT molecular complexity index is 663. The van der Waals surface area contributed by atoms with Crippen molar-refractivity contribution < 1.29 is 19.0 Å². The maximum Gasteiger partial charge on any atom is 0.328 e. The van der Waals surface area contributed by atoms with Crippen molar-refractivity contribution in [2.24, 2.45) is 0 Å². The summed E-state index contributed by atoms with van der Waals surface area (Å²) in [6, 6.07) is 11.2. The van der Waals surface area contributed by atoms with Gasteiger partial charge in [-0.05, 0) is 42.3 Å². The highest BCUT2D eigenvalue weighted by Crippen LogP contribution is 2.26. The lowest BCUT2D eigenvalue weighted by Gasteiger charge is -2.09. The molecule has 20 heavy (non-hydrogen) atoms. The molecule has 0 atom stereocenters. The third-order valence-electron chi connectivity index (χ3n) is 2.65. The molecule has 2 aromatic carbocycles. The average Bonchev–Trinajstić information content (AvgIpc) is 2.41. The van der Waals surface area contributed by atoms with E-state index < -0.39 is 5.97 Å². The van der Waals surface area contributed by atoms with E-state index in [4.69, 9.17) is 9.84 Å². The van der Waals surface area contributed by atoms with Crippen LogP contribution in [0.3, 0.4) is 0 Å². The number of carbonyl (C=O) groups is 1. The molecule has 0 spiro atoms. The lowest BCUT2D eigenvalue weighted by atomic mass is 10.2. The molecule has 0 aromatic heterocycles. The second-order valence-electron chi connectivity index (χ2n) is 4.26. The fourth-order valence-corrected chi connectivity index (χ4v) is 1.66.